The summed E-state index contributed by atoms with van der Waals surface area (Å²) in [6, 6.07) is 0. The van der Waals surface area contributed by atoms with E-state index < -0.39 is 0 Å². The van der Waals surface area contributed by atoms with Gasteiger partial charge in [-0.05, 0) is 35.5 Å². The molecule has 2 rings (SSSR count). The number of ether oxygens (including phenoxy) is 1. The fourth-order valence-electron chi connectivity index (χ4n) is 1.60. The molecule has 0 saturated heterocycles. The molecule has 0 fully saturated rings. The summed E-state index contributed by atoms with van der Waals surface area (Å²) in [6.07, 6.45) is 17.0. The van der Waals surface area contributed by atoms with E-state index in [0.29, 0.717) is 5.76 Å². The lowest BCUT2D eigenvalue weighted by atomic mass is 10.1. The minimum Gasteiger partial charge on any atom is -0.493 e. The maximum absolute atomic E-state index is 11.4. The molecule has 18 heavy (non-hydrogen) atoms. The number of methoxy groups -OCH3 is 1. The van der Waals surface area contributed by atoms with Gasteiger partial charge >= 0.3 is 0 Å². The van der Waals surface area contributed by atoms with E-state index in [4.69, 9.17) is 4.74 Å². The fraction of sp³-hybridized carbons (Fsp3) is 0.133. The molecule has 0 N–H and O–H groups in total. The first-order valence-electron chi connectivity index (χ1n) is 5.67. The van der Waals surface area contributed by atoms with E-state index in [1.807, 2.05) is 48.7 Å². The third-order valence-electron chi connectivity index (χ3n) is 2.66. The molecule has 0 aromatic rings. The molecule has 0 aromatic carbocycles. The summed E-state index contributed by atoms with van der Waals surface area (Å²) in [7, 11) is 3.48. The van der Waals surface area contributed by atoms with Gasteiger partial charge in [-0.3, -0.25) is 4.79 Å². The number of hydrogen-bond donors (Lipinski definition) is 0. The summed E-state index contributed by atoms with van der Waals surface area (Å²) in [6.45, 7) is 0. The Bertz CT molecular complexity index is 515. The molecule has 3 heteroatoms. The normalized spacial score (nSPS) is 20.4. The number of carbonyl (C=O) groups excluding carboxylic acids is 1. The van der Waals surface area contributed by atoms with Crippen LogP contribution in [-0.2, 0) is 9.53 Å². The van der Waals surface area contributed by atoms with Crippen molar-refractivity contribution in [3.8, 4) is 0 Å². The number of rotatable bonds is 2. The monoisotopic (exact) mass is 241 g/mol. The number of hydrogen-bond acceptors (Lipinski definition) is 3. The van der Waals surface area contributed by atoms with Crippen molar-refractivity contribution < 1.29 is 9.53 Å². The highest BCUT2D eigenvalue weighted by molar-refractivity contribution is 6.04. The molecule has 0 amide bonds. The molecule has 0 unspecified atom stereocenters. The Kier molecular flexibility index (Phi) is 3.63. The Morgan fingerprint density at radius 3 is 2.39 bits per heavy atom. The molecule has 1 aliphatic heterocycles. The van der Waals surface area contributed by atoms with Crippen LogP contribution in [0.4, 0.5) is 0 Å². The quantitative estimate of drug-likeness (QED) is 0.744. The number of nitrogens with zero attached hydrogens (tertiary/aromatic N) is 1. The summed E-state index contributed by atoms with van der Waals surface area (Å²) in [5.74, 6) is 0.276. The molecular weight excluding hydrogens is 226 g/mol. The van der Waals surface area contributed by atoms with Crippen LogP contribution < -0.4 is 0 Å². The van der Waals surface area contributed by atoms with Crippen LogP contribution in [-0.4, -0.2) is 24.8 Å². The smallest absolute Gasteiger partial charge is 0.220 e. The second-order valence-corrected chi connectivity index (χ2v) is 4.04. The van der Waals surface area contributed by atoms with Crippen molar-refractivity contribution in [2.45, 2.75) is 0 Å². The Hall–Kier alpha value is -2.29. The molecule has 0 radical (unpaired) electrons. The standard InChI is InChI=1S/C15H15NO2/c1-16-9-7-12(8-10-16)3-4-13-5-6-14(17)15(11-13)18-2/h3-11H,1-2H3. The Labute approximate surface area is 107 Å². The lowest BCUT2D eigenvalue weighted by Gasteiger charge is -2.11. The number of carbonyl (C=O) groups is 1. The molecule has 0 bridgehead atoms. The van der Waals surface area contributed by atoms with Gasteiger partial charge in [-0.25, -0.2) is 0 Å². The molecule has 1 heterocycles. The average Bonchev–Trinajstić information content (AvgIpc) is 2.39. The summed E-state index contributed by atoms with van der Waals surface area (Å²) in [4.78, 5) is 13.3. The van der Waals surface area contributed by atoms with E-state index in [9.17, 15) is 4.79 Å². The van der Waals surface area contributed by atoms with Crippen molar-refractivity contribution in [1.82, 2.24) is 4.90 Å². The van der Waals surface area contributed by atoms with Crippen LogP contribution in [0.3, 0.4) is 0 Å². The van der Waals surface area contributed by atoms with Crippen molar-refractivity contribution in [2.75, 3.05) is 14.2 Å². The Morgan fingerprint density at radius 2 is 1.72 bits per heavy atom. The van der Waals surface area contributed by atoms with Crippen molar-refractivity contribution in [1.29, 1.82) is 0 Å². The molecule has 1 aliphatic carbocycles. The molecule has 0 aromatic heterocycles. The third-order valence-corrected chi connectivity index (χ3v) is 2.66. The molecular formula is C15H15NO2. The molecule has 92 valence electrons. The topological polar surface area (TPSA) is 29.5 Å². The van der Waals surface area contributed by atoms with Crippen molar-refractivity contribution in [2.24, 2.45) is 0 Å². The zero-order chi connectivity index (χ0) is 13.0. The predicted octanol–water partition coefficient (Wildman–Crippen LogP) is 2.48. The molecule has 2 aliphatic rings. The second-order valence-electron chi connectivity index (χ2n) is 4.04. The highest BCUT2D eigenvalue weighted by atomic mass is 16.5. The minimum absolute atomic E-state index is 0.0959. The molecule has 0 spiro atoms. The first-order chi connectivity index (χ1) is 8.69. The van der Waals surface area contributed by atoms with Crippen LogP contribution in [0.25, 0.3) is 0 Å². The number of ketones is 1. The van der Waals surface area contributed by atoms with Gasteiger partial charge in [0.1, 0.15) is 0 Å². The zero-order valence-electron chi connectivity index (χ0n) is 10.5. The van der Waals surface area contributed by atoms with Crippen molar-refractivity contribution >= 4 is 5.78 Å². The fourth-order valence-corrected chi connectivity index (χ4v) is 1.60. The van der Waals surface area contributed by atoms with Gasteiger partial charge in [-0.15, -0.1) is 0 Å². The van der Waals surface area contributed by atoms with Gasteiger partial charge < -0.3 is 9.64 Å². The van der Waals surface area contributed by atoms with Crippen LogP contribution in [0, 0.1) is 0 Å². The van der Waals surface area contributed by atoms with E-state index in [0.717, 1.165) is 11.1 Å². The van der Waals surface area contributed by atoms with E-state index in [2.05, 4.69) is 0 Å². The molecule has 3 nitrogen and oxygen atoms in total. The highest BCUT2D eigenvalue weighted by Crippen LogP contribution is 2.15. The summed E-state index contributed by atoms with van der Waals surface area (Å²) < 4.78 is 5.00. The van der Waals surface area contributed by atoms with Crippen LogP contribution in [0.5, 0.6) is 0 Å². The van der Waals surface area contributed by atoms with Gasteiger partial charge in [0.05, 0.1) is 7.11 Å². The maximum atomic E-state index is 11.4. The zero-order valence-corrected chi connectivity index (χ0v) is 10.5. The van der Waals surface area contributed by atoms with Crippen LogP contribution in [0.15, 0.2) is 71.8 Å². The third kappa shape index (κ3) is 2.88. The highest BCUT2D eigenvalue weighted by Gasteiger charge is 2.10. The summed E-state index contributed by atoms with van der Waals surface area (Å²) in [5.41, 5.74) is 2.05. The second kappa shape index (κ2) is 5.36. The van der Waals surface area contributed by atoms with Gasteiger partial charge in [0, 0.05) is 19.4 Å². The minimum atomic E-state index is -0.0959. The van der Waals surface area contributed by atoms with Crippen LogP contribution in [0.1, 0.15) is 0 Å². The van der Waals surface area contributed by atoms with Gasteiger partial charge in [-0.2, -0.15) is 0 Å². The summed E-state index contributed by atoms with van der Waals surface area (Å²) in [5, 5.41) is 0. The van der Waals surface area contributed by atoms with E-state index in [1.54, 1.807) is 12.2 Å². The SMILES string of the molecule is COC1=CC(=CC=C2C=CN(C)C=C2)C=CC1=O. The van der Waals surface area contributed by atoms with Gasteiger partial charge in [0.2, 0.25) is 5.78 Å². The van der Waals surface area contributed by atoms with E-state index >= 15 is 0 Å². The number of allylic oxidation sites excluding steroid dienone is 9. The largest absolute Gasteiger partial charge is 0.493 e. The van der Waals surface area contributed by atoms with Gasteiger partial charge in [0.15, 0.2) is 5.76 Å². The maximum Gasteiger partial charge on any atom is 0.220 e. The van der Waals surface area contributed by atoms with Crippen molar-refractivity contribution in [3.05, 3.63) is 71.8 Å². The van der Waals surface area contributed by atoms with Gasteiger partial charge in [-0.1, -0.05) is 18.2 Å². The van der Waals surface area contributed by atoms with Crippen LogP contribution >= 0.6 is 0 Å². The van der Waals surface area contributed by atoms with E-state index in [1.165, 1.54) is 13.2 Å². The lowest BCUT2D eigenvalue weighted by molar-refractivity contribution is -0.114. The Balaban J connectivity index is 2.16. The van der Waals surface area contributed by atoms with Crippen LogP contribution in [0.2, 0.25) is 0 Å². The predicted molar refractivity (Wildman–Crippen MR) is 71.4 cm³/mol. The molecule has 0 atom stereocenters. The lowest BCUT2D eigenvalue weighted by Crippen LogP contribution is -2.04. The molecule has 0 saturated carbocycles. The Morgan fingerprint density at radius 1 is 1.06 bits per heavy atom. The first-order valence-corrected chi connectivity index (χ1v) is 5.67. The summed E-state index contributed by atoms with van der Waals surface area (Å²) >= 11 is 0. The first kappa shape index (κ1) is 12.2. The van der Waals surface area contributed by atoms with E-state index in [-0.39, 0.29) is 5.78 Å². The van der Waals surface area contributed by atoms with Crippen molar-refractivity contribution in [3.63, 3.8) is 0 Å². The van der Waals surface area contributed by atoms with Gasteiger partial charge in [0.25, 0.3) is 0 Å². The average molecular weight is 241 g/mol.